The van der Waals surface area contributed by atoms with Gasteiger partial charge in [-0.25, -0.2) is 14.8 Å². The van der Waals surface area contributed by atoms with E-state index in [1.165, 1.54) is 10.4 Å². The molecule has 3 aromatic heterocycles. The molecule has 0 aliphatic rings. The summed E-state index contributed by atoms with van der Waals surface area (Å²) < 4.78 is 7.19. The number of aryl methyl sites for hydroxylation is 3. The van der Waals surface area contributed by atoms with Gasteiger partial charge in [-0.1, -0.05) is 0 Å². The highest BCUT2D eigenvalue weighted by Gasteiger charge is 2.13. The van der Waals surface area contributed by atoms with Crippen LogP contribution in [0.25, 0.3) is 15.9 Å². The Balaban J connectivity index is 1.57. The highest BCUT2D eigenvalue weighted by atomic mass is 32.1. The summed E-state index contributed by atoms with van der Waals surface area (Å²) in [6, 6.07) is 9.49. The first kappa shape index (κ1) is 21.7. The molecule has 1 N–H and O–H groups in total. The molecule has 8 heteroatoms. The lowest BCUT2D eigenvalue weighted by molar-refractivity contribution is 0.0526. The van der Waals surface area contributed by atoms with Crippen molar-refractivity contribution in [2.24, 2.45) is 5.10 Å². The minimum Gasteiger partial charge on any atom is -0.462 e. The maximum Gasteiger partial charge on any atom is 0.338 e. The molecule has 0 atom stereocenters. The van der Waals surface area contributed by atoms with E-state index in [-0.39, 0.29) is 5.97 Å². The number of nitrogens with zero attached hydrogens (tertiary/aromatic N) is 4. The van der Waals surface area contributed by atoms with Crippen molar-refractivity contribution in [2.75, 3.05) is 12.0 Å². The minimum atomic E-state index is -0.311. The van der Waals surface area contributed by atoms with E-state index >= 15 is 0 Å². The van der Waals surface area contributed by atoms with Crippen molar-refractivity contribution in [3.8, 4) is 5.69 Å². The van der Waals surface area contributed by atoms with Gasteiger partial charge in [-0.3, -0.25) is 5.43 Å². The number of thiophene rings is 1. The molecule has 0 saturated heterocycles. The highest BCUT2D eigenvalue weighted by molar-refractivity contribution is 7.18. The fraction of sp³-hybridized carbons (Fsp3) is 0.250. The fourth-order valence-corrected chi connectivity index (χ4v) is 4.70. The molecule has 0 unspecified atom stereocenters. The monoisotopic (exact) mass is 447 g/mol. The molecule has 3 heterocycles. The third-order valence-electron chi connectivity index (χ3n) is 5.45. The number of rotatable bonds is 6. The van der Waals surface area contributed by atoms with Gasteiger partial charge in [0.2, 0.25) is 0 Å². The number of hydrazone groups is 1. The molecular weight excluding hydrogens is 422 g/mol. The topological polar surface area (TPSA) is 81.4 Å². The van der Waals surface area contributed by atoms with Gasteiger partial charge >= 0.3 is 5.97 Å². The number of carbonyl (C=O) groups is 1. The van der Waals surface area contributed by atoms with Crippen LogP contribution in [0.5, 0.6) is 0 Å². The maximum atomic E-state index is 11.9. The summed E-state index contributed by atoms with van der Waals surface area (Å²) in [6.45, 7) is 10.4. The average Bonchev–Trinajstić information content (AvgIpc) is 3.23. The zero-order chi connectivity index (χ0) is 22.8. The van der Waals surface area contributed by atoms with Gasteiger partial charge in [0.1, 0.15) is 11.2 Å². The Morgan fingerprint density at radius 2 is 1.94 bits per heavy atom. The minimum absolute atomic E-state index is 0.311. The molecule has 0 aliphatic carbocycles. The largest absolute Gasteiger partial charge is 0.462 e. The number of fused-ring (bicyclic) bond motifs is 1. The third-order valence-corrected chi connectivity index (χ3v) is 6.56. The molecule has 32 heavy (non-hydrogen) atoms. The summed E-state index contributed by atoms with van der Waals surface area (Å²) in [7, 11) is 0. The van der Waals surface area contributed by atoms with Crippen LogP contribution < -0.4 is 5.43 Å². The number of carbonyl (C=O) groups excluding carboxylic acids is 1. The molecule has 7 nitrogen and oxygen atoms in total. The molecule has 0 bridgehead atoms. The number of hydrogen-bond donors (Lipinski definition) is 1. The Morgan fingerprint density at radius 1 is 1.19 bits per heavy atom. The third kappa shape index (κ3) is 4.01. The Kier molecular flexibility index (Phi) is 6.05. The van der Waals surface area contributed by atoms with E-state index in [1.54, 1.807) is 42.9 Å². The van der Waals surface area contributed by atoms with Crippen molar-refractivity contribution in [3.63, 3.8) is 0 Å². The average molecular weight is 448 g/mol. The van der Waals surface area contributed by atoms with Gasteiger partial charge in [0.05, 0.1) is 23.8 Å². The van der Waals surface area contributed by atoms with E-state index in [0.29, 0.717) is 18.0 Å². The van der Waals surface area contributed by atoms with Crippen LogP contribution in [0.4, 0.5) is 5.82 Å². The number of benzene rings is 1. The lowest BCUT2D eigenvalue weighted by Gasteiger charge is -2.10. The van der Waals surface area contributed by atoms with Gasteiger partial charge in [-0.15, -0.1) is 11.3 Å². The highest BCUT2D eigenvalue weighted by Crippen LogP contribution is 2.32. The first-order valence-electron chi connectivity index (χ1n) is 10.4. The summed E-state index contributed by atoms with van der Waals surface area (Å²) in [5.41, 5.74) is 8.88. The van der Waals surface area contributed by atoms with Crippen molar-refractivity contribution in [1.29, 1.82) is 0 Å². The molecule has 0 aliphatic heterocycles. The maximum absolute atomic E-state index is 11.9. The van der Waals surface area contributed by atoms with Crippen LogP contribution in [-0.2, 0) is 4.74 Å². The van der Waals surface area contributed by atoms with Crippen molar-refractivity contribution >= 4 is 39.6 Å². The quantitative estimate of drug-likeness (QED) is 0.245. The first-order chi connectivity index (χ1) is 15.4. The molecule has 0 spiro atoms. The Hall–Kier alpha value is -3.52. The standard InChI is InChI=1S/C24H25N5O2S/c1-6-31-24(30)18-7-9-20(10-8-18)29-14(2)11-19(16(29)4)12-27-28-22-21-15(3)17(5)32-23(21)26-13-25-22/h7-13H,6H2,1-5H3,(H,25,26,28)/b27-12-. The molecule has 0 amide bonds. The molecule has 0 saturated carbocycles. The number of esters is 1. The lowest BCUT2D eigenvalue weighted by atomic mass is 10.2. The van der Waals surface area contributed by atoms with Crippen LogP contribution in [0.1, 0.15) is 44.7 Å². The second-order valence-corrected chi connectivity index (χ2v) is 8.69. The van der Waals surface area contributed by atoms with Crippen molar-refractivity contribution in [1.82, 2.24) is 14.5 Å². The van der Waals surface area contributed by atoms with E-state index in [4.69, 9.17) is 4.74 Å². The predicted molar refractivity (Wildman–Crippen MR) is 129 cm³/mol. The van der Waals surface area contributed by atoms with E-state index in [2.05, 4.69) is 45.0 Å². The number of aromatic nitrogens is 3. The fourth-order valence-electron chi connectivity index (χ4n) is 3.71. The number of hydrogen-bond acceptors (Lipinski definition) is 7. The van der Waals surface area contributed by atoms with E-state index in [1.807, 2.05) is 26.0 Å². The molecule has 164 valence electrons. The van der Waals surface area contributed by atoms with Crippen LogP contribution in [0.15, 0.2) is 41.8 Å². The smallest absolute Gasteiger partial charge is 0.338 e. The van der Waals surface area contributed by atoms with Crippen LogP contribution in [-0.4, -0.2) is 33.3 Å². The Labute approximate surface area is 190 Å². The van der Waals surface area contributed by atoms with Crippen molar-refractivity contribution in [3.05, 3.63) is 69.6 Å². The zero-order valence-electron chi connectivity index (χ0n) is 18.8. The van der Waals surface area contributed by atoms with Gasteiger partial charge < -0.3 is 9.30 Å². The number of ether oxygens (including phenoxy) is 1. The van der Waals surface area contributed by atoms with Crippen molar-refractivity contribution < 1.29 is 9.53 Å². The summed E-state index contributed by atoms with van der Waals surface area (Å²) in [5.74, 6) is 0.394. The summed E-state index contributed by atoms with van der Waals surface area (Å²) in [5, 5.41) is 5.46. The van der Waals surface area contributed by atoms with E-state index < -0.39 is 0 Å². The SMILES string of the molecule is CCOC(=O)c1ccc(-n2c(C)cc(/C=N\Nc3ncnc4sc(C)c(C)c34)c2C)cc1. The molecule has 0 fully saturated rings. The van der Waals surface area contributed by atoms with E-state index in [0.717, 1.165) is 32.9 Å². The van der Waals surface area contributed by atoms with Gasteiger partial charge in [0.25, 0.3) is 0 Å². The predicted octanol–water partition coefficient (Wildman–Crippen LogP) is 5.34. The molecule has 1 aromatic carbocycles. The lowest BCUT2D eigenvalue weighted by Crippen LogP contribution is -2.05. The van der Waals surface area contributed by atoms with Crippen LogP contribution in [0.3, 0.4) is 0 Å². The van der Waals surface area contributed by atoms with Gasteiger partial charge in [-0.05, 0) is 70.5 Å². The summed E-state index contributed by atoms with van der Waals surface area (Å²) in [4.78, 5) is 22.8. The second-order valence-electron chi connectivity index (χ2n) is 7.48. The van der Waals surface area contributed by atoms with Crippen LogP contribution in [0.2, 0.25) is 0 Å². The van der Waals surface area contributed by atoms with Crippen molar-refractivity contribution in [2.45, 2.75) is 34.6 Å². The normalized spacial score (nSPS) is 11.4. The van der Waals surface area contributed by atoms with Crippen LogP contribution >= 0.6 is 11.3 Å². The second kappa shape index (κ2) is 8.92. The molecule has 4 aromatic rings. The van der Waals surface area contributed by atoms with Gasteiger partial charge in [0.15, 0.2) is 5.82 Å². The zero-order valence-corrected chi connectivity index (χ0v) is 19.6. The molecule has 4 rings (SSSR count). The molecular formula is C24H25N5O2S. The number of anilines is 1. The Bertz CT molecular complexity index is 1320. The Morgan fingerprint density at radius 3 is 2.66 bits per heavy atom. The first-order valence-corrected chi connectivity index (χ1v) is 11.2. The van der Waals surface area contributed by atoms with Gasteiger partial charge in [-0.2, -0.15) is 5.10 Å². The molecule has 0 radical (unpaired) electrons. The number of nitrogens with one attached hydrogen (secondary N) is 1. The summed E-state index contributed by atoms with van der Waals surface area (Å²) >= 11 is 1.66. The van der Waals surface area contributed by atoms with E-state index in [9.17, 15) is 4.79 Å². The van der Waals surface area contributed by atoms with Gasteiger partial charge in [0, 0.05) is 27.5 Å². The summed E-state index contributed by atoms with van der Waals surface area (Å²) in [6.07, 6.45) is 3.36. The van der Waals surface area contributed by atoms with Crippen LogP contribution in [0, 0.1) is 27.7 Å².